The van der Waals surface area contributed by atoms with Crippen molar-refractivity contribution in [3.8, 4) is 5.75 Å². The Morgan fingerprint density at radius 3 is 2.41 bits per heavy atom. The standard InChI is InChI=1S/C15H18OS/c1-10-5-7-13(15(16-4)12(10)3)9-14-8-6-11(2)17-14/h5-8H,9H2,1-4H3. The largest absolute Gasteiger partial charge is 0.496 e. The molecular weight excluding hydrogens is 228 g/mol. The summed E-state index contributed by atoms with van der Waals surface area (Å²) in [6, 6.07) is 8.73. The molecule has 1 nitrogen and oxygen atoms in total. The van der Waals surface area contributed by atoms with Crippen molar-refractivity contribution in [1.82, 2.24) is 0 Å². The number of rotatable bonds is 3. The van der Waals surface area contributed by atoms with Gasteiger partial charge in [0.25, 0.3) is 0 Å². The van der Waals surface area contributed by atoms with Crippen molar-refractivity contribution in [3.63, 3.8) is 0 Å². The molecule has 17 heavy (non-hydrogen) atoms. The first kappa shape index (κ1) is 12.2. The van der Waals surface area contributed by atoms with E-state index in [4.69, 9.17) is 4.74 Å². The van der Waals surface area contributed by atoms with Gasteiger partial charge in [-0.1, -0.05) is 12.1 Å². The third-order valence-corrected chi connectivity index (χ3v) is 4.12. The monoisotopic (exact) mass is 246 g/mol. The Morgan fingerprint density at radius 2 is 1.82 bits per heavy atom. The maximum absolute atomic E-state index is 5.54. The second-order valence-corrected chi connectivity index (χ2v) is 5.76. The molecule has 0 atom stereocenters. The molecule has 2 aromatic rings. The lowest BCUT2D eigenvalue weighted by atomic mass is 10.0. The van der Waals surface area contributed by atoms with Gasteiger partial charge in [-0.2, -0.15) is 0 Å². The molecule has 2 heteroatoms. The minimum Gasteiger partial charge on any atom is -0.496 e. The second kappa shape index (κ2) is 4.92. The van der Waals surface area contributed by atoms with Crippen molar-refractivity contribution in [2.45, 2.75) is 27.2 Å². The Bertz CT molecular complexity index is 526. The van der Waals surface area contributed by atoms with Crippen LogP contribution in [-0.2, 0) is 6.42 Å². The average Bonchev–Trinajstić information content (AvgIpc) is 2.70. The highest BCUT2D eigenvalue weighted by atomic mass is 32.1. The molecule has 0 saturated carbocycles. The van der Waals surface area contributed by atoms with Crippen LogP contribution in [0, 0.1) is 20.8 Å². The summed E-state index contributed by atoms with van der Waals surface area (Å²) < 4.78 is 5.54. The Kier molecular flexibility index (Phi) is 3.53. The van der Waals surface area contributed by atoms with Gasteiger partial charge in [0.2, 0.25) is 0 Å². The van der Waals surface area contributed by atoms with Gasteiger partial charge in [0, 0.05) is 16.2 Å². The van der Waals surface area contributed by atoms with Crippen molar-refractivity contribution in [2.24, 2.45) is 0 Å². The molecule has 0 aliphatic carbocycles. The molecule has 0 spiro atoms. The fourth-order valence-corrected chi connectivity index (χ4v) is 2.95. The number of hydrogen-bond acceptors (Lipinski definition) is 2. The molecule has 0 unspecified atom stereocenters. The van der Waals surface area contributed by atoms with Crippen LogP contribution in [0.3, 0.4) is 0 Å². The van der Waals surface area contributed by atoms with Gasteiger partial charge in [0.05, 0.1) is 7.11 Å². The van der Waals surface area contributed by atoms with E-state index in [2.05, 4.69) is 45.0 Å². The number of benzene rings is 1. The van der Waals surface area contributed by atoms with E-state index < -0.39 is 0 Å². The molecule has 2 rings (SSSR count). The topological polar surface area (TPSA) is 9.23 Å². The van der Waals surface area contributed by atoms with Gasteiger partial charge in [-0.25, -0.2) is 0 Å². The molecule has 1 aromatic heterocycles. The van der Waals surface area contributed by atoms with Gasteiger partial charge in [0.15, 0.2) is 0 Å². The normalized spacial score (nSPS) is 10.6. The van der Waals surface area contributed by atoms with Crippen LogP contribution in [0.4, 0.5) is 0 Å². The highest BCUT2D eigenvalue weighted by Gasteiger charge is 2.09. The van der Waals surface area contributed by atoms with Crippen molar-refractivity contribution in [2.75, 3.05) is 7.11 Å². The first-order chi connectivity index (χ1) is 8.11. The SMILES string of the molecule is COc1c(Cc2ccc(C)s2)ccc(C)c1C. The predicted octanol–water partition coefficient (Wildman–Crippen LogP) is 4.27. The van der Waals surface area contributed by atoms with Crippen LogP contribution < -0.4 is 4.74 Å². The molecule has 0 saturated heterocycles. The lowest BCUT2D eigenvalue weighted by Crippen LogP contribution is -1.97. The van der Waals surface area contributed by atoms with E-state index in [1.165, 1.54) is 26.4 Å². The number of thiophene rings is 1. The van der Waals surface area contributed by atoms with Crippen LogP contribution >= 0.6 is 11.3 Å². The highest BCUT2D eigenvalue weighted by molar-refractivity contribution is 7.11. The molecule has 0 fully saturated rings. The van der Waals surface area contributed by atoms with E-state index in [9.17, 15) is 0 Å². The Hall–Kier alpha value is -1.28. The average molecular weight is 246 g/mol. The second-order valence-electron chi connectivity index (χ2n) is 4.39. The van der Waals surface area contributed by atoms with Gasteiger partial charge >= 0.3 is 0 Å². The predicted molar refractivity (Wildman–Crippen MR) is 74.3 cm³/mol. The fraction of sp³-hybridized carbons (Fsp3) is 0.333. The molecule has 0 bridgehead atoms. The van der Waals surface area contributed by atoms with Crippen LogP contribution in [0.2, 0.25) is 0 Å². The summed E-state index contributed by atoms with van der Waals surface area (Å²) >= 11 is 1.86. The first-order valence-corrected chi connectivity index (χ1v) is 6.62. The number of aryl methyl sites for hydroxylation is 2. The molecule has 1 aromatic carbocycles. The van der Waals surface area contributed by atoms with Crippen LogP contribution in [-0.4, -0.2) is 7.11 Å². The summed E-state index contributed by atoms with van der Waals surface area (Å²) in [5, 5.41) is 0. The van der Waals surface area contributed by atoms with Gasteiger partial charge < -0.3 is 4.74 Å². The van der Waals surface area contributed by atoms with E-state index >= 15 is 0 Å². The third kappa shape index (κ3) is 2.52. The quantitative estimate of drug-likeness (QED) is 0.785. The summed E-state index contributed by atoms with van der Waals surface area (Å²) in [7, 11) is 1.75. The zero-order valence-corrected chi connectivity index (χ0v) is 11.6. The van der Waals surface area contributed by atoms with E-state index in [0.717, 1.165) is 12.2 Å². The lowest BCUT2D eigenvalue weighted by Gasteiger charge is -2.12. The molecule has 1 heterocycles. The van der Waals surface area contributed by atoms with E-state index in [1.54, 1.807) is 7.11 Å². The number of ether oxygens (including phenoxy) is 1. The van der Waals surface area contributed by atoms with E-state index in [1.807, 2.05) is 11.3 Å². The molecule has 0 aliphatic rings. The Labute approximate surface area is 107 Å². The minimum atomic E-state index is 0.961. The van der Waals surface area contributed by atoms with Crippen molar-refractivity contribution < 1.29 is 4.74 Å². The van der Waals surface area contributed by atoms with Crippen LogP contribution in [0.1, 0.15) is 26.4 Å². The molecule has 0 aliphatic heterocycles. The Morgan fingerprint density at radius 1 is 1.06 bits per heavy atom. The van der Waals surface area contributed by atoms with Crippen molar-refractivity contribution in [1.29, 1.82) is 0 Å². The maximum atomic E-state index is 5.54. The molecule has 0 N–H and O–H groups in total. The Balaban J connectivity index is 2.36. The fourth-order valence-electron chi connectivity index (χ4n) is 2.04. The van der Waals surface area contributed by atoms with Gasteiger partial charge in [0.1, 0.15) is 5.75 Å². The first-order valence-electron chi connectivity index (χ1n) is 5.80. The maximum Gasteiger partial charge on any atom is 0.125 e. The molecule has 90 valence electrons. The summed E-state index contributed by atoms with van der Waals surface area (Å²) in [6.07, 6.45) is 0.961. The number of methoxy groups -OCH3 is 1. The zero-order valence-electron chi connectivity index (χ0n) is 10.8. The van der Waals surface area contributed by atoms with Gasteiger partial charge in [-0.15, -0.1) is 11.3 Å². The molecule has 0 radical (unpaired) electrons. The van der Waals surface area contributed by atoms with Crippen LogP contribution in [0.15, 0.2) is 24.3 Å². The van der Waals surface area contributed by atoms with Crippen LogP contribution in [0.5, 0.6) is 5.75 Å². The van der Waals surface area contributed by atoms with Crippen molar-refractivity contribution >= 4 is 11.3 Å². The van der Waals surface area contributed by atoms with Gasteiger partial charge in [-0.05, 0) is 49.6 Å². The summed E-state index contributed by atoms with van der Waals surface area (Å²) in [5.74, 6) is 1.04. The zero-order chi connectivity index (χ0) is 12.4. The summed E-state index contributed by atoms with van der Waals surface area (Å²) in [4.78, 5) is 2.76. The van der Waals surface area contributed by atoms with E-state index in [-0.39, 0.29) is 0 Å². The lowest BCUT2D eigenvalue weighted by molar-refractivity contribution is 0.407. The minimum absolute atomic E-state index is 0.961. The summed E-state index contributed by atoms with van der Waals surface area (Å²) in [6.45, 7) is 6.39. The third-order valence-electron chi connectivity index (χ3n) is 3.12. The number of hydrogen-bond donors (Lipinski definition) is 0. The summed E-state index contributed by atoms with van der Waals surface area (Å²) in [5.41, 5.74) is 3.81. The van der Waals surface area contributed by atoms with Gasteiger partial charge in [-0.3, -0.25) is 0 Å². The van der Waals surface area contributed by atoms with E-state index in [0.29, 0.717) is 0 Å². The smallest absolute Gasteiger partial charge is 0.125 e. The van der Waals surface area contributed by atoms with Crippen LogP contribution in [0.25, 0.3) is 0 Å². The van der Waals surface area contributed by atoms with Crippen molar-refractivity contribution in [3.05, 3.63) is 50.7 Å². The molecular formula is C15H18OS. The highest BCUT2D eigenvalue weighted by Crippen LogP contribution is 2.29. The molecule has 0 amide bonds.